The number of hydrogen-bond donors (Lipinski definition) is 0. The van der Waals surface area contributed by atoms with Gasteiger partial charge in [0.15, 0.2) is 0 Å². The number of hydrogen-bond acceptors (Lipinski definition) is 4. The number of rotatable bonds is 3. The first-order valence-corrected chi connectivity index (χ1v) is 11.1. The zero-order chi connectivity index (χ0) is 21.5. The summed E-state index contributed by atoms with van der Waals surface area (Å²) in [6.07, 6.45) is 8.73. The zero-order valence-corrected chi connectivity index (χ0v) is 17.5. The molecule has 5 rings (SSSR count). The van der Waals surface area contributed by atoms with Crippen LogP contribution < -0.4 is 0 Å². The molecule has 5 heteroatoms. The van der Waals surface area contributed by atoms with Gasteiger partial charge in [0.25, 0.3) is 0 Å². The van der Waals surface area contributed by atoms with Gasteiger partial charge in [-0.15, -0.1) is 0 Å². The van der Waals surface area contributed by atoms with Gasteiger partial charge in [0, 0.05) is 30.5 Å². The second-order valence-corrected chi connectivity index (χ2v) is 9.19. The fraction of sp³-hybridized carbons (Fsp3) is 0.423. The summed E-state index contributed by atoms with van der Waals surface area (Å²) in [7, 11) is 0. The number of nitrogens with zero attached hydrogens (tertiary/aromatic N) is 1. The topological polar surface area (TPSA) is 56.3 Å². The van der Waals surface area contributed by atoms with Crippen LogP contribution in [0.4, 0.5) is 4.39 Å². The van der Waals surface area contributed by atoms with Crippen LogP contribution in [0, 0.1) is 35.4 Å². The third-order valence-electron chi connectivity index (χ3n) is 7.39. The van der Waals surface area contributed by atoms with E-state index in [0.29, 0.717) is 24.5 Å². The van der Waals surface area contributed by atoms with Gasteiger partial charge in [-0.3, -0.25) is 14.6 Å². The van der Waals surface area contributed by atoms with Crippen molar-refractivity contribution >= 4 is 17.8 Å². The second kappa shape index (κ2) is 8.03. The first-order chi connectivity index (χ1) is 15.0. The maximum Gasteiger partial charge on any atom is 0.309 e. The molecule has 1 aromatic carbocycles. The van der Waals surface area contributed by atoms with Crippen LogP contribution in [-0.4, -0.2) is 22.8 Å². The van der Waals surface area contributed by atoms with Crippen molar-refractivity contribution in [3.63, 3.8) is 0 Å². The third-order valence-corrected chi connectivity index (χ3v) is 7.39. The number of pyridine rings is 1. The van der Waals surface area contributed by atoms with E-state index in [1.54, 1.807) is 12.3 Å². The number of benzene rings is 1. The van der Waals surface area contributed by atoms with E-state index in [1.165, 1.54) is 12.1 Å². The van der Waals surface area contributed by atoms with Gasteiger partial charge in [-0.1, -0.05) is 24.3 Å². The van der Waals surface area contributed by atoms with Crippen LogP contribution in [0.3, 0.4) is 0 Å². The lowest BCUT2D eigenvalue weighted by molar-refractivity contribution is -0.144. The van der Waals surface area contributed by atoms with Gasteiger partial charge in [0.05, 0.1) is 11.6 Å². The molecule has 2 aliphatic carbocycles. The van der Waals surface area contributed by atoms with Crippen LogP contribution in [-0.2, 0) is 14.3 Å². The molecule has 4 nitrogen and oxygen atoms in total. The van der Waals surface area contributed by atoms with Crippen LogP contribution in [0.25, 0.3) is 17.2 Å². The molecule has 3 fully saturated rings. The lowest BCUT2D eigenvalue weighted by Gasteiger charge is -2.45. The molecule has 0 N–H and O–H groups in total. The van der Waals surface area contributed by atoms with Crippen molar-refractivity contribution in [3.8, 4) is 11.1 Å². The number of aromatic nitrogens is 1. The number of esters is 1. The molecule has 0 radical (unpaired) electrons. The first kappa shape index (κ1) is 20.1. The number of fused-ring (bicyclic) bond motifs is 2. The highest BCUT2D eigenvalue weighted by atomic mass is 19.1. The Morgan fingerprint density at radius 2 is 2.03 bits per heavy atom. The first-order valence-electron chi connectivity index (χ1n) is 11.1. The summed E-state index contributed by atoms with van der Waals surface area (Å²) in [5.41, 5.74) is 2.48. The molecule has 2 saturated carbocycles. The molecule has 0 amide bonds. The molecule has 2 unspecified atom stereocenters. The van der Waals surface area contributed by atoms with Gasteiger partial charge in [-0.05, 0) is 67.4 Å². The average molecular weight is 419 g/mol. The molecule has 2 heterocycles. The summed E-state index contributed by atoms with van der Waals surface area (Å²) in [6, 6.07) is 10.3. The number of ketones is 1. The van der Waals surface area contributed by atoms with Crippen LogP contribution in [0.2, 0.25) is 0 Å². The largest absolute Gasteiger partial charge is 0.462 e. The number of carbonyl (C=O) groups excluding carboxylic acids is 2. The maximum atomic E-state index is 13.5. The molecule has 31 heavy (non-hydrogen) atoms. The van der Waals surface area contributed by atoms with Gasteiger partial charge in [0.1, 0.15) is 17.7 Å². The molecular weight excluding hydrogens is 393 g/mol. The van der Waals surface area contributed by atoms with Gasteiger partial charge >= 0.3 is 5.97 Å². The van der Waals surface area contributed by atoms with Gasteiger partial charge in [0.2, 0.25) is 0 Å². The molecule has 1 saturated heterocycles. The highest BCUT2D eigenvalue weighted by Crippen LogP contribution is 2.53. The number of allylic oxidation sites excluding steroid dienone is 1. The van der Waals surface area contributed by atoms with E-state index >= 15 is 0 Å². The number of ether oxygens (including phenoxy) is 1. The molecule has 160 valence electrons. The SMILES string of the molecule is C[C@H]1OC(=O)[C@@H]2C[C@@H]3CC(=O)CCC3C(/C=C/c3ccc(-c4cccc(F)c4)cn3)[C@H]12. The Hall–Kier alpha value is -2.82. The summed E-state index contributed by atoms with van der Waals surface area (Å²) in [5, 5.41) is 0. The van der Waals surface area contributed by atoms with Gasteiger partial charge in [-0.25, -0.2) is 4.39 Å². The number of halogens is 1. The zero-order valence-electron chi connectivity index (χ0n) is 17.5. The summed E-state index contributed by atoms with van der Waals surface area (Å²) in [4.78, 5) is 29.0. The molecule has 0 bridgehead atoms. The summed E-state index contributed by atoms with van der Waals surface area (Å²) in [6.45, 7) is 1.99. The maximum absolute atomic E-state index is 13.5. The third kappa shape index (κ3) is 3.82. The molecule has 1 aliphatic heterocycles. The van der Waals surface area contributed by atoms with E-state index in [2.05, 4.69) is 11.1 Å². The van der Waals surface area contributed by atoms with Crippen molar-refractivity contribution in [2.45, 2.75) is 38.7 Å². The van der Waals surface area contributed by atoms with Crippen molar-refractivity contribution in [3.05, 3.63) is 60.2 Å². The number of carbonyl (C=O) groups is 2. The van der Waals surface area contributed by atoms with E-state index in [0.717, 1.165) is 29.7 Å². The van der Waals surface area contributed by atoms with E-state index in [-0.39, 0.29) is 41.6 Å². The lowest BCUT2D eigenvalue weighted by atomic mass is 9.57. The van der Waals surface area contributed by atoms with E-state index in [9.17, 15) is 14.0 Å². The lowest BCUT2D eigenvalue weighted by Crippen LogP contribution is -2.44. The van der Waals surface area contributed by atoms with E-state index < -0.39 is 0 Å². The Balaban J connectivity index is 1.40. The smallest absolute Gasteiger partial charge is 0.309 e. The van der Waals surface area contributed by atoms with Crippen molar-refractivity contribution in [2.75, 3.05) is 0 Å². The highest BCUT2D eigenvalue weighted by molar-refractivity contribution is 5.80. The standard InChI is InChI=1S/C26H26FNO3/c1-15-25-23(22-10-8-21(29)12-18(22)13-24(25)26(30)31-15)9-7-20-6-5-17(14-28-20)16-3-2-4-19(27)11-16/h2-7,9,11,14-15,18,22-25H,8,10,12-13H2,1H3/b9-7+/t15-,18+,22?,23?,24-,25+/m1/s1. The van der Waals surface area contributed by atoms with Crippen LogP contribution in [0.5, 0.6) is 0 Å². The molecular formula is C26H26FNO3. The average Bonchev–Trinajstić information content (AvgIpc) is 3.04. The number of Topliss-reactive ketones (excluding diaryl/α,β-unsaturated/α-hetero) is 1. The minimum Gasteiger partial charge on any atom is -0.462 e. The van der Waals surface area contributed by atoms with Crippen molar-refractivity contribution in [2.24, 2.45) is 29.6 Å². The molecule has 3 aliphatic rings. The van der Waals surface area contributed by atoms with Gasteiger partial charge < -0.3 is 4.74 Å². The van der Waals surface area contributed by atoms with Crippen LogP contribution in [0.1, 0.15) is 38.3 Å². The van der Waals surface area contributed by atoms with Crippen LogP contribution >= 0.6 is 0 Å². The van der Waals surface area contributed by atoms with Crippen molar-refractivity contribution < 1.29 is 18.7 Å². The summed E-state index contributed by atoms with van der Waals surface area (Å²) >= 11 is 0. The summed E-state index contributed by atoms with van der Waals surface area (Å²) < 4.78 is 19.1. The Labute approximate surface area is 181 Å². The fourth-order valence-electron chi connectivity index (χ4n) is 5.98. The van der Waals surface area contributed by atoms with Gasteiger partial charge in [-0.2, -0.15) is 0 Å². The van der Waals surface area contributed by atoms with Crippen molar-refractivity contribution in [1.82, 2.24) is 4.98 Å². The molecule has 2 aromatic rings. The van der Waals surface area contributed by atoms with Crippen LogP contribution in [0.15, 0.2) is 48.7 Å². The minimum atomic E-state index is -0.267. The minimum absolute atomic E-state index is 0.103. The normalized spacial score (nSPS) is 32.6. The Morgan fingerprint density at radius 3 is 2.81 bits per heavy atom. The second-order valence-electron chi connectivity index (χ2n) is 9.19. The monoisotopic (exact) mass is 419 g/mol. The molecule has 0 spiro atoms. The number of cyclic esters (lactones) is 1. The quantitative estimate of drug-likeness (QED) is 0.651. The Morgan fingerprint density at radius 1 is 1.16 bits per heavy atom. The molecule has 6 atom stereocenters. The fourth-order valence-corrected chi connectivity index (χ4v) is 5.98. The molecule has 1 aromatic heterocycles. The Bertz CT molecular complexity index is 1030. The predicted molar refractivity (Wildman–Crippen MR) is 115 cm³/mol. The highest BCUT2D eigenvalue weighted by Gasteiger charge is 2.54. The summed E-state index contributed by atoms with van der Waals surface area (Å²) in [5.74, 6) is 0.850. The van der Waals surface area contributed by atoms with E-state index in [4.69, 9.17) is 4.74 Å². The predicted octanol–water partition coefficient (Wildman–Crippen LogP) is 5.08. The van der Waals surface area contributed by atoms with Crippen molar-refractivity contribution in [1.29, 1.82) is 0 Å². The van der Waals surface area contributed by atoms with E-state index in [1.807, 2.05) is 31.2 Å². The Kier molecular flexibility index (Phi) is 5.20.